The van der Waals surface area contributed by atoms with E-state index in [1.54, 1.807) is 0 Å². The summed E-state index contributed by atoms with van der Waals surface area (Å²) in [6.45, 7) is 6.96. The first kappa shape index (κ1) is 16.3. The third-order valence-electron chi connectivity index (χ3n) is 4.51. The van der Waals surface area contributed by atoms with Gasteiger partial charge in [0.05, 0.1) is 5.75 Å². The molecule has 1 saturated carbocycles. The molecule has 0 amide bonds. The number of carboxylic acids is 1. The van der Waals surface area contributed by atoms with Crippen molar-refractivity contribution in [3.8, 4) is 0 Å². The Hall–Kier alpha value is -1.04. The number of rotatable bonds is 4. The molecule has 0 bridgehead atoms. The highest BCUT2D eigenvalue weighted by Gasteiger charge is 2.32. The number of carbonyl (C=O) groups is 1. The van der Waals surface area contributed by atoms with E-state index in [-0.39, 0.29) is 5.75 Å². The molecule has 118 valence electrons. The average Bonchev–Trinajstić information content (AvgIpc) is 2.77. The average molecular weight is 311 g/mol. The van der Waals surface area contributed by atoms with Crippen molar-refractivity contribution in [3.63, 3.8) is 0 Å². The summed E-state index contributed by atoms with van der Waals surface area (Å²) in [4.78, 5) is 10.6. The van der Waals surface area contributed by atoms with Crippen molar-refractivity contribution in [1.29, 1.82) is 0 Å². The maximum absolute atomic E-state index is 10.6. The minimum Gasteiger partial charge on any atom is -0.481 e. The Balaban J connectivity index is 1.99. The molecule has 0 aliphatic heterocycles. The normalized spacial score (nSPS) is 23.2. The molecule has 0 spiro atoms. The maximum Gasteiger partial charge on any atom is 0.313 e. The lowest BCUT2D eigenvalue weighted by atomic mass is 9.70. The first-order valence-electron chi connectivity index (χ1n) is 7.53. The summed E-state index contributed by atoms with van der Waals surface area (Å²) < 4.78 is 1.97. The van der Waals surface area contributed by atoms with Gasteiger partial charge < -0.3 is 9.67 Å². The lowest BCUT2D eigenvalue weighted by Gasteiger charge is -2.36. The first-order chi connectivity index (χ1) is 9.79. The minimum atomic E-state index is -0.824. The Kier molecular flexibility index (Phi) is 4.96. The van der Waals surface area contributed by atoms with Gasteiger partial charge >= 0.3 is 5.97 Å². The molecule has 1 aliphatic carbocycles. The molecule has 0 radical (unpaired) electrons. The summed E-state index contributed by atoms with van der Waals surface area (Å²) in [5.41, 5.74) is 0.382. The Morgan fingerprint density at radius 2 is 1.90 bits per heavy atom. The first-order valence-corrected chi connectivity index (χ1v) is 8.51. The van der Waals surface area contributed by atoms with Crippen molar-refractivity contribution in [1.82, 2.24) is 14.8 Å². The van der Waals surface area contributed by atoms with Crippen molar-refractivity contribution < 1.29 is 9.90 Å². The van der Waals surface area contributed by atoms with Crippen LogP contribution in [0.15, 0.2) is 5.16 Å². The quantitative estimate of drug-likeness (QED) is 0.864. The summed E-state index contributed by atoms with van der Waals surface area (Å²) >= 11 is 1.23. The van der Waals surface area contributed by atoms with Crippen LogP contribution in [0.4, 0.5) is 0 Å². The van der Waals surface area contributed by atoms with Crippen LogP contribution in [-0.2, 0) is 11.8 Å². The summed E-state index contributed by atoms with van der Waals surface area (Å²) in [6, 6.07) is 0. The Bertz CT molecular complexity index is 500. The fourth-order valence-corrected chi connectivity index (χ4v) is 3.79. The van der Waals surface area contributed by atoms with Gasteiger partial charge in [-0.15, -0.1) is 10.2 Å². The van der Waals surface area contributed by atoms with Crippen LogP contribution in [0.25, 0.3) is 0 Å². The predicted octanol–water partition coefficient (Wildman–Crippen LogP) is 3.31. The molecule has 1 aromatic rings. The van der Waals surface area contributed by atoms with E-state index in [2.05, 4.69) is 31.0 Å². The number of thioether (sulfide) groups is 1. The molecule has 1 aromatic heterocycles. The molecule has 0 aromatic carbocycles. The van der Waals surface area contributed by atoms with E-state index in [4.69, 9.17) is 5.11 Å². The van der Waals surface area contributed by atoms with Gasteiger partial charge in [0, 0.05) is 13.0 Å². The zero-order valence-corrected chi connectivity index (χ0v) is 14.1. The van der Waals surface area contributed by atoms with Crippen LogP contribution in [0.3, 0.4) is 0 Å². The fourth-order valence-electron chi connectivity index (χ4n) is 3.15. The van der Waals surface area contributed by atoms with E-state index in [0.29, 0.717) is 16.5 Å². The van der Waals surface area contributed by atoms with Gasteiger partial charge in [0.25, 0.3) is 0 Å². The lowest BCUT2D eigenvalue weighted by molar-refractivity contribution is -0.133. The molecule has 1 N–H and O–H groups in total. The van der Waals surface area contributed by atoms with Crippen molar-refractivity contribution >= 4 is 17.7 Å². The second-order valence-electron chi connectivity index (χ2n) is 7.00. The summed E-state index contributed by atoms with van der Waals surface area (Å²) in [5, 5.41) is 17.9. The summed E-state index contributed by atoms with van der Waals surface area (Å²) in [6.07, 6.45) is 4.77. The van der Waals surface area contributed by atoms with Crippen LogP contribution in [0, 0.1) is 11.3 Å². The molecular weight excluding hydrogens is 286 g/mol. The van der Waals surface area contributed by atoms with Crippen molar-refractivity contribution in [3.05, 3.63) is 5.82 Å². The molecule has 6 heteroatoms. The van der Waals surface area contributed by atoms with Gasteiger partial charge in [-0.2, -0.15) is 0 Å². The fraction of sp³-hybridized carbons (Fsp3) is 0.800. The molecule has 1 heterocycles. The van der Waals surface area contributed by atoms with Crippen LogP contribution in [-0.4, -0.2) is 31.6 Å². The number of hydrogen-bond donors (Lipinski definition) is 1. The molecule has 0 unspecified atom stereocenters. The van der Waals surface area contributed by atoms with E-state index in [9.17, 15) is 4.79 Å². The predicted molar refractivity (Wildman–Crippen MR) is 83.5 cm³/mol. The van der Waals surface area contributed by atoms with Crippen LogP contribution in [0.2, 0.25) is 0 Å². The highest BCUT2D eigenvalue weighted by molar-refractivity contribution is 7.99. The monoisotopic (exact) mass is 311 g/mol. The third kappa shape index (κ3) is 3.99. The zero-order chi connectivity index (χ0) is 15.6. The SMILES string of the molecule is Cn1c(SCC(=O)O)nnc1C1CCC(C(C)(C)C)CC1. The molecule has 2 rings (SSSR count). The molecule has 0 saturated heterocycles. The second kappa shape index (κ2) is 6.38. The van der Waals surface area contributed by atoms with Gasteiger partial charge in [0.1, 0.15) is 5.82 Å². The summed E-state index contributed by atoms with van der Waals surface area (Å²) in [5.74, 6) is 1.46. The number of hydrogen-bond acceptors (Lipinski definition) is 4. The Morgan fingerprint density at radius 1 is 1.29 bits per heavy atom. The Morgan fingerprint density at radius 3 is 2.43 bits per heavy atom. The molecule has 1 aliphatic rings. The van der Waals surface area contributed by atoms with Crippen molar-refractivity contribution in [2.24, 2.45) is 18.4 Å². The van der Waals surface area contributed by atoms with E-state index < -0.39 is 5.97 Å². The second-order valence-corrected chi connectivity index (χ2v) is 7.94. The third-order valence-corrected chi connectivity index (χ3v) is 5.52. The zero-order valence-electron chi connectivity index (χ0n) is 13.3. The highest BCUT2D eigenvalue weighted by Crippen LogP contribution is 2.42. The maximum atomic E-state index is 10.6. The number of carboxylic acid groups (broad SMARTS) is 1. The highest BCUT2D eigenvalue weighted by atomic mass is 32.2. The van der Waals surface area contributed by atoms with Gasteiger partial charge in [0.15, 0.2) is 5.16 Å². The Labute approximate surface area is 130 Å². The van der Waals surface area contributed by atoms with E-state index in [1.807, 2.05) is 11.6 Å². The smallest absolute Gasteiger partial charge is 0.313 e. The van der Waals surface area contributed by atoms with Crippen LogP contribution >= 0.6 is 11.8 Å². The molecular formula is C15H25N3O2S. The van der Waals surface area contributed by atoms with Gasteiger partial charge in [-0.25, -0.2) is 0 Å². The molecule has 5 nitrogen and oxygen atoms in total. The standard InChI is InChI=1S/C15H25N3O2S/c1-15(2,3)11-7-5-10(6-8-11)13-16-17-14(18(13)4)21-9-12(19)20/h10-11H,5-9H2,1-4H3,(H,19,20). The molecule has 0 atom stereocenters. The number of nitrogens with zero attached hydrogens (tertiary/aromatic N) is 3. The van der Waals surface area contributed by atoms with Crippen LogP contribution < -0.4 is 0 Å². The summed E-state index contributed by atoms with van der Waals surface area (Å²) in [7, 11) is 1.94. The van der Waals surface area contributed by atoms with Gasteiger partial charge in [-0.3, -0.25) is 4.79 Å². The van der Waals surface area contributed by atoms with Crippen LogP contribution in [0.1, 0.15) is 58.2 Å². The van der Waals surface area contributed by atoms with Crippen molar-refractivity contribution in [2.45, 2.75) is 57.5 Å². The topological polar surface area (TPSA) is 68.0 Å². The lowest BCUT2D eigenvalue weighted by Crippen LogP contribution is -2.26. The van der Waals surface area contributed by atoms with E-state index in [0.717, 1.165) is 24.6 Å². The molecule has 21 heavy (non-hydrogen) atoms. The minimum absolute atomic E-state index is 0.0305. The van der Waals surface area contributed by atoms with Crippen molar-refractivity contribution in [2.75, 3.05) is 5.75 Å². The largest absolute Gasteiger partial charge is 0.481 e. The van der Waals surface area contributed by atoms with E-state index in [1.165, 1.54) is 24.6 Å². The van der Waals surface area contributed by atoms with Gasteiger partial charge in [0.2, 0.25) is 0 Å². The number of aliphatic carboxylic acids is 1. The van der Waals surface area contributed by atoms with E-state index >= 15 is 0 Å². The van der Waals surface area contributed by atoms with Gasteiger partial charge in [-0.1, -0.05) is 32.5 Å². The van der Waals surface area contributed by atoms with Gasteiger partial charge in [-0.05, 0) is 37.0 Å². The molecule has 1 fully saturated rings. The van der Waals surface area contributed by atoms with Crippen LogP contribution in [0.5, 0.6) is 0 Å². The number of aromatic nitrogens is 3.